The Kier molecular flexibility index (Phi) is 6.64. The molecule has 2 heterocycles. The van der Waals surface area contributed by atoms with Crippen molar-refractivity contribution in [3.8, 4) is 5.75 Å². The van der Waals surface area contributed by atoms with Gasteiger partial charge in [0.2, 0.25) is 0 Å². The Morgan fingerprint density at radius 1 is 1.22 bits per heavy atom. The number of aryl methyl sites for hydroxylation is 1. The molecule has 0 radical (unpaired) electrons. The average molecular weight is 375 g/mol. The van der Waals surface area contributed by atoms with Crippen LogP contribution in [0.4, 0.5) is 14.9 Å². The Hall–Kier alpha value is -2.61. The first kappa shape index (κ1) is 19.2. The van der Waals surface area contributed by atoms with Gasteiger partial charge >= 0.3 is 6.03 Å². The van der Waals surface area contributed by atoms with Gasteiger partial charge in [-0.1, -0.05) is 12.1 Å². The maximum Gasteiger partial charge on any atom is 0.322 e. The smallest absolute Gasteiger partial charge is 0.322 e. The lowest BCUT2D eigenvalue weighted by Gasteiger charge is -2.34. The number of hydrogen-bond acceptors (Lipinski definition) is 4. The van der Waals surface area contributed by atoms with Crippen LogP contribution in [0.1, 0.15) is 12.5 Å². The monoisotopic (exact) mass is 375 g/mol. The fraction of sp³-hybridized carbons (Fsp3) is 0.474. The molecule has 3 rings (SSSR count). The zero-order valence-corrected chi connectivity index (χ0v) is 15.6. The number of anilines is 1. The molecule has 27 heavy (non-hydrogen) atoms. The summed E-state index contributed by atoms with van der Waals surface area (Å²) in [6.07, 6.45) is 3.18. The molecule has 1 fully saturated rings. The number of halogens is 1. The minimum absolute atomic E-state index is 0.143. The third-order valence-electron chi connectivity index (χ3n) is 4.50. The Morgan fingerprint density at radius 3 is 2.63 bits per heavy atom. The number of urea groups is 1. The summed E-state index contributed by atoms with van der Waals surface area (Å²) in [7, 11) is 0. The highest BCUT2D eigenvalue weighted by Gasteiger charge is 2.21. The quantitative estimate of drug-likeness (QED) is 0.808. The van der Waals surface area contributed by atoms with Crippen molar-refractivity contribution in [3.63, 3.8) is 0 Å². The van der Waals surface area contributed by atoms with E-state index >= 15 is 0 Å². The summed E-state index contributed by atoms with van der Waals surface area (Å²) >= 11 is 0. The van der Waals surface area contributed by atoms with Gasteiger partial charge in [-0.15, -0.1) is 0 Å². The number of nitrogens with zero attached hydrogens (tertiary/aromatic N) is 4. The summed E-state index contributed by atoms with van der Waals surface area (Å²) in [6.45, 7) is 6.19. The third kappa shape index (κ3) is 5.43. The highest BCUT2D eigenvalue weighted by Crippen LogP contribution is 2.15. The molecule has 1 aromatic carbocycles. The van der Waals surface area contributed by atoms with E-state index in [1.54, 1.807) is 11.1 Å². The number of carbonyl (C=O) groups is 1. The zero-order chi connectivity index (χ0) is 19.1. The second-order valence-corrected chi connectivity index (χ2v) is 6.45. The predicted octanol–water partition coefficient (Wildman–Crippen LogP) is 2.60. The standard InChI is InChI=1S/C19H26FN5O2/c1-2-27-18-5-3-16(4-6-18)14-23-9-11-24(12-10-23)19(26)22-17-13-21-25(15-17)8-7-20/h3-6,13,15H,2,7-12,14H2,1H3,(H,22,26). The van der Waals surface area contributed by atoms with Gasteiger partial charge in [-0.25, -0.2) is 9.18 Å². The molecule has 7 nitrogen and oxygen atoms in total. The number of carbonyl (C=O) groups excluding carboxylic acids is 1. The molecule has 0 saturated carbocycles. The van der Waals surface area contributed by atoms with Crippen LogP contribution < -0.4 is 10.1 Å². The van der Waals surface area contributed by atoms with Crippen LogP contribution >= 0.6 is 0 Å². The average Bonchev–Trinajstić information content (AvgIpc) is 3.11. The maximum atomic E-state index is 12.4. The summed E-state index contributed by atoms with van der Waals surface area (Å²) in [5.74, 6) is 0.887. The van der Waals surface area contributed by atoms with Gasteiger partial charge in [-0.3, -0.25) is 9.58 Å². The van der Waals surface area contributed by atoms with Crippen LogP contribution in [-0.2, 0) is 13.1 Å². The lowest BCUT2D eigenvalue weighted by atomic mass is 10.2. The molecule has 2 amide bonds. The van der Waals surface area contributed by atoms with Crippen molar-refractivity contribution in [2.24, 2.45) is 0 Å². The normalized spacial score (nSPS) is 15.0. The first-order valence-electron chi connectivity index (χ1n) is 9.26. The Bertz CT molecular complexity index is 726. The number of piperazine rings is 1. The number of rotatable bonds is 7. The highest BCUT2D eigenvalue weighted by atomic mass is 19.1. The highest BCUT2D eigenvalue weighted by molar-refractivity contribution is 5.89. The van der Waals surface area contributed by atoms with Crippen molar-refractivity contribution in [1.29, 1.82) is 0 Å². The van der Waals surface area contributed by atoms with Gasteiger partial charge in [0.1, 0.15) is 12.4 Å². The van der Waals surface area contributed by atoms with Gasteiger partial charge in [-0.05, 0) is 24.6 Å². The van der Waals surface area contributed by atoms with Crippen LogP contribution in [0.5, 0.6) is 5.75 Å². The molecule has 1 aromatic heterocycles. The van der Waals surface area contributed by atoms with E-state index in [0.717, 1.165) is 25.4 Å². The van der Waals surface area contributed by atoms with Gasteiger partial charge in [0, 0.05) is 38.9 Å². The van der Waals surface area contributed by atoms with Gasteiger partial charge < -0.3 is 15.0 Å². The van der Waals surface area contributed by atoms with Crippen molar-refractivity contribution < 1.29 is 13.9 Å². The lowest BCUT2D eigenvalue weighted by molar-refractivity contribution is 0.143. The lowest BCUT2D eigenvalue weighted by Crippen LogP contribution is -2.49. The van der Waals surface area contributed by atoms with Gasteiger partial charge in [0.15, 0.2) is 0 Å². The van der Waals surface area contributed by atoms with E-state index in [1.807, 2.05) is 19.1 Å². The Morgan fingerprint density at radius 2 is 1.96 bits per heavy atom. The van der Waals surface area contributed by atoms with Crippen LogP contribution in [-0.4, -0.2) is 65.1 Å². The van der Waals surface area contributed by atoms with Crippen LogP contribution in [0, 0.1) is 0 Å². The third-order valence-corrected chi connectivity index (χ3v) is 4.50. The molecule has 2 aromatic rings. The van der Waals surface area contributed by atoms with Gasteiger partial charge in [0.25, 0.3) is 0 Å². The molecular formula is C19H26FN5O2. The Balaban J connectivity index is 1.44. The zero-order valence-electron chi connectivity index (χ0n) is 15.6. The van der Waals surface area contributed by atoms with Crippen LogP contribution in [0.3, 0.4) is 0 Å². The van der Waals surface area contributed by atoms with Crippen molar-refractivity contribution in [2.45, 2.75) is 20.0 Å². The van der Waals surface area contributed by atoms with Crippen molar-refractivity contribution in [1.82, 2.24) is 19.6 Å². The number of alkyl halides is 1. The molecule has 0 atom stereocenters. The number of nitrogens with one attached hydrogen (secondary N) is 1. The van der Waals surface area contributed by atoms with Crippen LogP contribution in [0.25, 0.3) is 0 Å². The first-order valence-corrected chi connectivity index (χ1v) is 9.26. The van der Waals surface area contributed by atoms with E-state index in [9.17, 15) is 9.18 Å². The second-order valence-electron chi connectivity index (χ2n) is 6.45. The number of aromatic nitrogens is 2. The van der Waals surface area contributed by atoms with Gasteiger partial charge in [-0.2, -0.15) is 5.10 Å². The summed E-state index contributed by atoms with van der Waals surface area (Å²) in [5.41, 5.74) is 1.82. The van der Waals surface area contributed by atoms with E-state index < -0.39 is 6.67 Å². The second kappa shape index (κ2) is 9.36. The topological polar surface area (TPSA) is 62.6 Å². The van der Waals surface area contributed by atoms with Crippen LogP contribution in [0.2, 0.25) is 0 Å². The van der Waals surface area contributed by atoms with Crippen molar-refractivity contribution in [3.05, 3.63) is 42.2 Å². The number of amides is 2. The number of ether oxygens (including phenoxy) is 1. The summed E-state index contributed by atoms with van der Waals surface area (Å²) < 4.78 is 19.3. The Labute approximate surface area is 158 Å². The molecular weight excluding hydrogens is 349 g/mol. The number of benzene rings is 1. The molecule has 0 unspecified atom stereocenters. The van der Waals surface area contributed by atoms with Crippen molar-refractivity contribution in [2.75, 3.05) is 44.8 Å². The van der Waals surface area contributed by atoms with E-state index in [0.29, 0.717) is 25.4 Å². The molecule has 8 heteroatoms. The molecule has 1 N–H and O–H groups in total. The fourth-order valence-electron chi connectivity index (χ4n) is 3.06. The first-order chi connectivity index (χ1) is 13.2. The predicted molar refractivity (Wildman–Crippen MR) is 102 cm³/mol. The molecule has 1 saturated heterocycles. The van der Waals surface area contributed by atoms with Crippen LogP contribution in [0.15, 0.2) is 36.7 Å². The summed E-state index contributed by atoms with van der Waals surface area (Å²) in [4.78, 5) is 16.5. The molecule has 0 aliphatic carbocycles. The van der Waals surface area contributed by atoms with E-state index in [-0.39, 0.29) is 12.6 Å². The molecule has 0 spiro atoms. The van der Waals surface area contributed by atoms with E-state index in [4.69, 9.17) is 4.74 Å². The van der Waals surface area contributed by atoms with E-state index in [1.165, 1.54) is 16.4 Å². The molecule has 0 bridgehead atoms. The van der Waals surface area contributed by atoms with Gasteiger partial charge in [0.05, 0.1) is 25.0 Å². The number of hydrogen-bond donors (Lipinski definition) is 1. The molecule has 1 aliphatic rings. The van der Waals surface area contributed by atoms with E-state index in [2.05, 4.69) is 27.4 Å². The SMILES string of the molecule is CCOc1ccc(CN2CCN(C(=O)Nc3cnn(CCF)c3)CC2)cc1. The maximum absolute atomic E-state index is 12.4. The fourth-order valence-corrected chi connectivity index (χ4v) is 3.06. The largest absolute Gasteiger partial charge is 0.494 e. The molecule has 1 aliphatic heterocycles. The summed E-state index contributed by atoms with van der Waals surface area (Å²) in [5, 5.41) is 6.83. The molecule has 146 valence electrons. The summed E-state index contributed by atoms with van der Waals surface area (Å²) in [6, 6.07) is 8.01. The minimum Gasteiger partial charge on any atom is -0.494 e. The minimum atomic E-state index is -0.481. The van der Waals surface area contributed by atoms with Crippen molar-refractivity contribution >= 4 is 11.7 Å².